The van der Waals surface area contributed by atoms with E-state index in [1.54, 1.807) is 6.92 Å². The van der Waals surface area contributed by atoms with Gasteiger partial charge in [0.05, 0.1) is 0 Å². The summed E-state index contributed by atoms with van der Waals surface area (Å²) >= 11 is 0. The van der Waals surface area contributed by atoms with Crippen LogP contribution < -0.4 is 4.74 Å². The van der Waals surface area contributed by atoms with Crippen molar-refractivity contribution in [2.75, 3.05) is 0 Å². The van der Waals surface area contributed by atoms with Crippen LogP contribution in [0.4, 0.5) is 0 Å². The number of carboxylic acids is 4. The van der Waals surface area contributed by atoms with Crippen LogP contribution in [0.15, 0.2) is 24.3 Å². The van der Waals surface area contributed by atoms with Crippen LogP contribution >= 0.6 is 0 Å². The van der Waals surface area contributed by atoms with Crippen molar-refractivity contribution in [1.82, 2.24) is 0 Å². The second-order valence-corrected chi connectivity index (χ2v) is 5.28. The molecule has 1 atom stereocenters. The summed E-state index contributed by atoms with van der Waals surface area (Å²) in [5, 5.41) is 37.5. The first-order chi connectivity index (χ1) is 11.7. The minimum atomic E-state index is -3.16. The van der Waals surface area contributed by atoms with Gasteiger partial charge in [0.1, 0.15) is 17.2 Å². The van der Waals surface area contributed by atoms with Crippen molar-refractivity contribution in [2.24, 2.45) is 5.92 Å². The Labute approximate surface area is 142 Å². The maximum absolute atomic E-state index is 11.7. The summed E-state index contributed by atoms with van der Waals surface area (Å²) in [4.78, 5) is 46.3. The van der Waals surface area contributed by atoms with Gasteiger partial charge in [-0.25, -0.2) is 14.4 Å². The minimum Gasteiger partial charge on any atom is -0.481 e. The number of ether oxygens (including phenoxy) is 1. The number of carbonyl (C=O) groups is 4. The average molecular weight is 354 g/mol. The first kappa shape index (κ1) is 19.9. The van der Waals surface area contributed by atoms with Crippen molar-refractivity contribution in [2.45, 2.75) is 31.8 Å². The Morgan fingerprint density at radius 3 is 2.04 bits per heavy atom. The minimum absolute atomic E-state index is 0.253. The molecule has 0 aliphatic heterocycles. The summed E-state index contributed by atoms with van der Waals surface area (Å²) in [5.74, 6) is -9.63. The van der Waals surface area contributed by atoms with E-state index in [0.29, 0.717) is 6.42 Å². The first-order valence-corrected chi connectivity index (χ1v) is 7.39. The SMILES string of the molecule is CCCCC(C(=O)O)C(Oc1ccccc1C(=O)O)(C(=O)O)C(=O)O. The zero-order valence-electron chi connectivity index (χ0n) is 13.3. The van der Waals surface area contributed by atoms with Crippen LogP contribution in [0.5, 0.6) is 5.75 Å². The van der Waals surface area contributed by atoms with Crippen LogP contribution in [0, 0.1) is 5.92 Å². The van der Waals surface area contributed by atoms with Gasteiger partial charge in [-0.05, 0) is 18.6 Å². The van der Waals surface area contributed by atoms with Gasteiger partial charge in [-0.15, -0.1) is 0 Å². The van der Waals surface area contributed by atoms with Crippen molar-refractivity contribution >= 4 is 23.9 Å². The van der Waals surface area contributed by atoms with E-state index in [4.69, 9.17) is 9.84 Å². The van der Waals surface area contributed by atoms with E-state index < -0.39 is 46.7 Å². The normalized spacial score (nSPS) is 12.2. The number of carboxylic acid groups (broad SMARTS) is 4. The second-order valence-electron chi connectivity index (χ2n) is 5.28. The van der Waals surface area contributed by atoms with Gasteiger partial charge >= 0.3 is 29.5 Å². The molecule has 0 saturated carbocycles. The zero-order valence-corrected chi connectivity index (χ0v) is 13.3. The highest BCUT2D eigenvalue weighted by Crippen LogP contribution is 2.32. The Kier molecular flexibility index (Phi) is 6.49. The fraction of sp³-hybridized carbons (Fsp3) is 0.375. The van der Waals surface area contributed by atoms with Gasteiger partial charge < -0.3 is 25.2 Å². The smallest absolute Gasteiger partial charge is 0.360 e. The van der Waals surface area contributed by atoms with Crippen LogP contribution in [0.25, 0.3) is 0 Å². The van der Waals surface area contributed by atoms with Gasteiger partial charge in [0.25, 0.3) is 0 Å². The molecule has 25 heavy (non-hydrogen) atoms. The lowest BCUT2D eigenvalue weighted by molar-refractivity contribution is -0.185. The molecular weight excluding hydrogens is 336 g/mol. The zero-order chi connectivity index (χ0) is 19.2. The molecule has 136 valence electrons. The molecule has 0 fully saturated rings. The third-order valence-corrected chi connectivity index (χ3v) is 3.66. The predicted octanol–water partition coefficient (Wildman–Crippen LogP) is 1.56. The highest BCUT2D eigenvalue weighted by atomic mass is 16.6. The van der Waals surface area contributed by atoms with E-state index in [2.05, 4.69) is 0 Å². The molecule has 1 rings (SSSR count). The molecular formula is C16H18O9. The molecule has 0 aromatic heterocycles. The van der Waals surface area contributed by atoms with E-state index in [-0.39, 0.29) is 12.8 Å². The first-order valence-electron chi connectivity index (χ1n) is 7.39. The number of aliphatic carboxylic acids is 3. The van der Waals surface area contributed by atoms with Gasteiger partial charge in [-0.2, -0.15) is 0 Å². The van der Waals surface area contributed by atoms with Gasteiger partial charge in [0.2, 0.25) is 0 Å². The number of para-hydroxylation sites is 1. The van der Waals surface area contributed by atoms with Crippen molar-refractivity contribution in [3.05, 3.63) is 29.8 Å². The molecule has 0 amide bonds. The summed E-state index contributed by atoms with van der Waals surface area (Å²) in [6.45, 7) is 1.72. The number of rotatable bonds is 10. The Morgan fingerprint density at radius 2 is 1.60 bits per heavy atom. The number of hydrogen-bond acceptors (Lipinski definition) is 5. The lowest BCUT2D eigenvalue weighted by atomic mass is 9.83. The molecule has 1 aromatic carbocycles. The maximum Gasteiger partial charge on any atom is 0.360 e. The quantitative estimate of drug-likeness (QED) is 0.457. The molecule has 0 bridgehead atoms. The predicted molar refractivity (Wildman–Crippen MR) is 82.7 cm³/mol. The Balaban J connectivity index is 3.53. The van der Waals surface area contributed by atoms with E-state index >= 15 is 0 Å². The summed E-state index contributed by atoms with van der Waals surface area (Å²) in [6.07, 6.45) is 0.494. The van der Waals surface area contributed by atoms with Gasteiger partial charge in [0, 0.05) is 0 Å². The number of benzene rings is 1. The molecule has 0 heterocycles. The third-order valence-electron chi connectivity index (χ3n) is 3.66. The highest BCUT2D eigenvalue weighted by molar-refractivity contribution is 6.06. The Hall–Kier alpha value is -3.10. The molecule has 1 unspecified atom stereocenters. The molecule has 0 aliphatic rings. The van der Waals surface area contributed by atoms with Crippen LogP contribution in [0.3, 0.4) is 0 Å². The highest BCUT2D eigenvalue weighted by Gasteiger charge is 2.59. The third kappa shape index (κ3) is 4.06. The second kappa shape index (κ2) is 8.13. The van der Waals surface area contributed by atoms with E-state index in [1.807, 2.05) is 0 Å². The monoisotopic (exact) mass is 354 g/mol. The van der Waals surface area contributed by atoms with Crippen molar-refractivity contribution in [3.8, 4) is 5.75 Å². The molecule has 0 spiro atoms. The van der Waals surface area contributed by atoms with E-state index in [0.717, 1.165) is 12.1 Å². The van der Waals surface area contributed by atoms with Crippen molar-refractivity contribution < 1.29 is 44.3 Å². The summed E-state index contributed by atoms with van der Waals surface area (Å²) < 4.78 is 5.08. The number of hydrogen-bond donors (Lipinski definition) is 4. The average Bonchev–Trinajstić information content (AvgIpc) is 2.53. The fourth-order valence-electron chi connectivity index (χ4n) is 2.36. The summed E-state index contributed by atoms with van der Waals surface area (Å²) in [7, 11) is 0. The molecule has 9 heteroatoms. The standard InChI is InChI=1S/C16H18O9/c1-2-3-7-10(13(19)20)16(14(21)22,15(23)24)25-11-8-5-4-6-9(11)12(17)18/h4-6,8,10H,2-3,7H2,1H3,(H,17,18)(H,19,20)(H,21,22)(H,23,24). The van der Waals surface area contributed by atoms with Crippen LogP contribution in [0.1, 0.15) is 36.5 Å². The fourth-order valence-corrected chi connectivity index (χ4v) is 2.36. The molecule has 1 aromatic rings. The molecule has 0 radical (unpaired) electrons. The maximum atomic E-state index is 11.7. The van der Waals surface area contributed by atoms with Crippen LogP contribution in [-0.2, 0) is 14.4 Å². The van der Waals surface area contributed by atoms with Crippen LogP contribution in [0.2, 0.25) is 0 Å². The molecule has 0 aliphatic carbocycles. The van der Waals surface area contributed by atoms with Crippen molar-refractivity contribution in [1.29, 1.82) is 0 Å². The topological polar surface area (TPSA) is 158 Å². The molecule has 4 N–H and O–H groups in total. The summed E-state index contributed by atoms with van der Waals surface area (Å²) in [6, 6.07) is 4.82. The van der Waals surface area contributed by atoms with Crippen LogP contribution in [-0.4, -0.2) is 49.9 Å². The lowest BCUT2D eigenvalue weighted by Gasteiger charge is -2.31. The van der Waals surface area contributed by atoms with Gasteiger partial charge in [0.15, 0.2) is 0 Å². The Bertz CT molecular complexity index is 666. The van der Waals surface area contributed by atoms with Gasteiger partial charge in [-0.1, -0.05) is 31.9 Å². The molecule has 9 nitrogen and oxygen atoms in total. The van der Waals surface area contributed by atoms with E-state index in [9.17, 15) is 34.5 Å². The largest absolute Gasteiger partial charge is 0.481 e. The Morgan fingerprint density at radius 1 is 1.04 bits per heavy atom. The van der Waals surface area contributed by atoms with Gasteiger partial charge in [-0.3, -0.25) is 4.79 Å². The number of aromatic carboxylic acids is 1. The molecule has 0 saturated heterocycles. The number of unbranched alkanes of at least 4 members (excludes halogenated alkanes) is 1. The lowest BCUT2D eigenvalue weighted by Crippen LogP contribution is -2.59. The summed E-state index contributed by atoms with van der Waals surface area (Å²) in [5.41, 5.74) is -3.64. The van der Waals surface area contributed by atoms with Crippen molar-refractivity contribution in [3.63, 3.8) is 0 Å². The van der Waals surface area contributed by atoms with E-state index in [1.165, 1.54) is 12.1 Å².